The summed E-state index contributed by atoms with van der Waals surface area (Å²) in [7, 11) is 1.78. The summed E-state index contributed by atoms with van der Waals surface area (Å²) in [4.78, 5) is 24.7. The first-order valence-electron chi connectivity index (χ1n) is 5.80. The Morgan fingerprint density at radius 1 is 1.62 bits per heavy atom. The van der Waals surface area contributed by atoms with Gasteiger partial charge in [-0.2, -0.15) is 0 Å². The zero-order valence-electron chi connectivity index (χ0n) is 9.57. The Morgan fingerprint density at radius 3 is 3.00 bits per heavy atom. The third-order valence-corrected chi connectivity index (χ3v) is 3.20. The van der Waals surface area contributed by atoms with Gasteiger partial charge in [0, 0.05) is 33.2 Å². The first-order chi connectivity index (χ1) is 7.66. The first-order valence-corrected chi connectivity index (χ1v) is 5.80. The highest BCUT2D eigenvalue weighted by molar-refractivity contribution is 5.89. The van der Waals surface area contributed by atoms with Crippen LogP contribution in [0, 0.1) is 5.92 Å². The van der Waals surface area contributed by atoms with E-state index >= 15 is 0 Å². The fourth-order valence-corrected chi connectivity index (χ4v) is 2.28. The van der Waals surface area contributed by atoms with Gasteiger partial charge in [-0.15, -0.1) is 0 Å². The summed E-state index contributed by atoms with van der Waals surface area (Å²) in [6.45, 7) is 1.92. The molecule has 90 valence electrons. The predicted octanol–water partition coefficient (Wildman–Crippen LogP) is -0.240. The maximum Gasteiger partial charge on any atom is 0.227 e. The standard InChI is InChI=1S/C11H18N2O3/c1-13(7-9-3-2-4-16-9)11(15)8-5-10(14)12-6-8/h8-9H,2-7H2,1H3,(H,12,14). The van der Waals surface area contributed by atoms with Crippen LogP contribution in [0.25, 0.3) is 0 Å². The predicted molar refractivity (Wildman–Crippen MR) is 57.7 cm³/mol. The summed E-state index contributed by atoms with van der Waals surface area (Å²) in [6.07, 6.45) is 2.61. The Hall–Kier alpha value is -1.10. The van der Waals surface area contributed by atoms with Crippen molar-refractivity contribution >= 4 is 11.8 Å². The molecule has 5 heteroatoms. The molecule has 0 saturated carbocycles. The third-order valence-electron chi connectivity index (χ3n) is 3.20. The lowest BCUT2D eigenvalue weighted by Gasteiger charge is -2.23. The summed E-state index contributed by atoms with van der Waals surface area (Å²) < 4.78 is 5.48. The lowest BCUT2D eigenvalue weighted by Crippen LogP contribution is -2.38. The highest BCUT2D eigenvalue weighted by atomic mass is 16.5. The molecule has 0 spiro atoms. The van der Waals surface area contributed by atoms with Gasteiger partial charge in [-0.25, -0.2) is 0 Å². The van der Waals surface area contributed by atoms with Crippen LogP contribution in [0.1, 0.15) is 19.3 Å². The average molecular weight is 226 g/mol. The van der Waals surface area contributed by atoms with Crippen LogP contribution < -0.4 is 5.32 Å². The first kappa shape index (κ1) is 11.4. The zero-order valence-corrected chi connectivity index (χ0v) is 9.57. The number of hydrogen-bond acceptors (Lipinski definition) is 3. The zero-order chi connectivity index (χ0) is 11.5. The van der Waals surface area contributed by atoms with Gasteiger partial charge in [0.15, 0.2) is 0 Å². The number of ether oxygens (including phenoxy) is 1. The van der Waals surface area contributed by atoms with Gasteiger partial charge >= 0.3 is 0 Å². The van der Waals surface area contributed by atoms with E-state index in [0.717, 1.165) is 19.4 Å². The van der Waals surface area contributed by atoms with Crippen molar-refractivity contribution < 1.29 is 14.3 Å². The smallest absolute Gasteiger partial charge is 0.227 e. The number of nitrogens with one attached hydrogen (secondary N) is 1. The summed E-state index contributed by atoms with van der Waals surface area (Å²) in [6, 6.07) is 0. The summed E-state index contributed by atoms with van der Waals surface area (Å²) in [5.74, 6) is -0.156. The van der Waals surface area contributed by atoms with Gasteiger partial charge in [-0.1, -0.05) is 0 Å². The van der Waals surface area contributed by atoms with Gasteiger partial charge in [-0.05, 0) is 12.8 Å². The van der Waals surface area contributed by atoms with Gasteiger partial charge in [0.2, 0.25) is 11.8 Å². The van der Waals surface area contributed by atoms with E-state index in [1.54, 1.807) is 11.9 Å². The summed E-state index contributed by atoms with van der Waals surface area (Å²) >= 11 is 0. The van der Waals surface area contributed by atoms with E-state index < -0.39 is 0 Å². The number of carbonyl (C=O) groups is 2. The van der Waals surface area contributed by atoms with E-state index in [4.69, 9.17) is 4.74 Å². The van der Waals surface area contributed by atoms with Crippen LogP contribution in [0.2, 0.25) is 0 Å². The second-order valence-corrected chi connectivity index (χ2v) is 4.56. The number of hydrogen-bond donors (Lipinski definition) is 1. The Bertz CT molecular complexity index is 287. The lowest BCUT2D eigenvalue weighted by atomic mass is 10.1. The number of likely N-dealkylation sites (N-methyl/N-ethyl adjacent to an activating group) is 1. The Balaban J connectivity index is 1.81. The van der Waals surface area contributed by atoms with Crippen molar-refractivity contribution in [2.45, 2.75) is 25.4 Å². The molecule has 0 aromatic heterocycles. The molecule has 2 heterocycles. The molecule has 5 nitrogen and oxygen atoms in total. The van der Waals surface area contributed by atoms with E-state index in [2.05, 4.69) is 5.32 Å². The third kappa shape index (κ3) is 2.52. The van der Waals surface area contributed by atoms with E-state index in [-0.39, 0.29) is 23.8 Å². The van der Waals surface area contributed by atoms with Crippen molar-refractivity contribution in [3.63, 3.8) is 0 Å². The molecule has 0 radical (unpaired) electrons. The fourth-order valence-electron chi connectivity index (χ4n) is 2.28. The van der Waals surface area contributed by atoms with Gasteiger partial charge in [-0.3, -0.25) is 9.59 Å². The van der Waals surface area contributed by atoms with E-state index in [0.29, 0.717) is 19.5 Å². The Kier molecular flexibility index (Phi) is 3.43. The van der Waals surface area contributed by atoms with Crippen molar-refractivity contribution in [3.05, 3.63) is 0 Å². The molecule has 2 amide bonds. The molecular formula is C11H18N2O3. The van der Waals surface area contributed by atoms with Gasteiger partial charge in [0.25, 0.3) is 0 Å². The van der Waals surface area contributed by atoms with Crippen molar-refractivity contribution in [1.82, 2.24) is 10.2 Å². The molecule has 2 aliphatic rings. The monoisotopic (exact) mass is 226 g/mol. The Labute approximate surface area is 95.1 Å². The second-order valence-electron chi connectivity index (χ2n) is 4.56. The van der Waals surface area contributed by atoms with Gasteiger partial charge < -0.3 is 15.0 Å². The molecular weight excluding hydrogens is 208 g/mol. The van der Waals surface area contributed by atoms with Crippen molar-refractivity contribution in [2.24, 2.45) is 5.92 Å². The van der Waals surface area contributed by atoms with Crippen LogP contribution in [0.3, 0.4) is 0 Å². The maximum absolute atomic E-state index is 12.0. The Morgan fingerprint density at radius 2 is 2.44 bits per heavy atom. The summed E-state index contributed by atoms with van der Waals surface area (Å²) in [5, 5.41) is 2.68. The minimum Gasteiger partial charge on any atom is -0.376 e. The van der Waals surface area contributed by atoms with Crippen LogP contribution in [-0.2, 0) is 14.3 Å². The van der Waals surface area contributed by atoms with Crippen molar-refractivity contribution in [2.75, 3.05) is 26.7 Å². The molecule has 0 aromatic carbocycles. The molecule has 2 aliphatic heterocycles. The number of amides is 2. The van der Waals surface area contributed by atoms with Crippen LogP contribution >= 0.6 is 0 Å². The maximum atomic E-state index is 12.0. The van der Waals surface area contributed by atoms with E-state index in [1.807, 2.05) is 0 Å². The van der Waals surface area contributed by atoms with Gasteiger partial charge in [0.1, 0.15) is 0 Å². The molecule has 2 unspecified atom stereocenters. The second kappa shape index (κ2) is 4.82. The molecule has 0 aliphatic carbocycles. The van der Waals surface area contributed by atoms with E-state index in [9.17, 15) is 9.59 Å². The molecule has 2 fully saturated rings. The molecule has 0 bridgehead atoms. The SMILES string of the molecule is CN(CC1CCCO1)C(=O)C1CNC(=O)C1. The molecule has 1 N–H and O–H groups in total. The van der Waals surface area contributed by atoms with Crippen LogP contribution in [-0.4, -0.2) is 49.6 Å². The highest BCUT2D eigenvalue weighted by Gasteiger charge is 2.31. The van der Waals surface area contributed by atoms with Crippen LogP contribution in [0.15, 0.2) is 0 Å². The van der Waals surface area contributed by atoms with Crippen molar-refractivity contribution in [1.29, 1.82) is 0 Å². The number of carbonyl (C=O) groups excluding carboxylic acids is 2. The number of rotatable bonds is 3. The molecule has 2 saturated heterocycles. The average Bonchev–Trinajstić information content (AvgIpc) is 2.88. The lowest BCUT2D eigenvalue weighted by molar-refractivity contribution is -0.135. The molecule has 2 rings (SSSR count). The topological polar surface area (TPSA) is 58.6 Å². The van der Waals surface area contributed by atoms with Gasteiger partial charge in [0.05, 0.1) is 12.0 Å². The normalized spacial score (nSPS) is 29.2. The minimum absolute atomic E-state index is 0.0242. The summed E-state index contributed by atoms with van der Waals surface area (Å²) in [5.41, 5.74) is 0. The largest absolute Gasteiger partial charge is 0.376 e. The van der Waals surface area contributed by atoms with Crippen LogP contribution in [0.4, 0.5) is 0 Å². The highest BCUT2D eigenvalue weighted by Crippen LogP contribution is 2.16. The molecule has 2 atom stereocenters. The molecule has 0 aromatic rings. The van der Waals surface area contributed by atoms with E-state index in [1.165, 1.54) is 0 Å². The van der Waals surface area contributed by atoms with Crippen LogP contribution in [0.5, 0.6) is 0 Å². The fraction of sp³-hybridized carbons (Fsp3) is 0.818. The molecule has 16 heavy (non-hydrogen) atoms. The quantitative estimate of drug-likeness (QED) is 0.722. The number of nitrogens with zero attached hydrogens (tertiary/aromatic N) is 1. The van der Waals surface area contributed by atoms with Crippen molar-refractivity contribution in [3.8, 4) is 0 Å². The minimum atomic E-state index is -0.182.